The van der Waals surface area contributed by atoms with Crippen LogP contribution in [0.1, 0.15) is 16.1 Å². The smallest absolute Gasteiger partial charge is 0.196 e. The van der Waals surface area contributed by atoms with Gasteiger partial charge >= 0.3 is 0 Å². The number of aromatic nitrogens is 1. The van der Waals surface area contributed by atoms with E-state index >= 15 is 0 Å². The van der Waals surface area contributed by atoms with Crippen LogP contribution in [0.4, 0.5) is 5.69 Å². The molecule has 3 rings (SSSR count). The van der Waals surface area contributed by atoms with Crippen molar-refractivity contribution in [2.45, 2.75) is 13.8 Å². The van der Waals surface area contributed by atoms with E-state index in [0.29, 0.717) is 5.01 Å². The summed E-state index contributed by atoms with van der Waals surface area (Å²) in [5.41, 5.74) is 8.30. The van der Waals surface area contributed by atoms with Gasteiger partial charge in [0.25, 0.3) is 0 Å². The quantitative estimate of drug-likeness (QED) is 0.454. The van der Waals surface area contributed by atoms with Crippen molar-refractivity contribution >= 4 is 38.7 Å². The normalized spacial score (nSPS) is 11.2. The highest BCUT2D eigenvalue weighted by Gasteiger charge is 2.12. The summed E-state index contributed by atoms with van der Waals surface area (Å²) in [5.74, 6) is 0. The Morgan fingerprint density at radius 1 is 1.20 bits per heavy atom. The fraction of sp³-hybridized carbons (Fsp3) is 0.105. The van der Waals surface area contributed by atoms with Gasteiger partial charge in [0.1, 0.15) is 6.07 Å². The minimum absolute atomic E-state index is 0.268. The molecule has 0 fully saturated rings. The largest absolute Gasteiger partial charge is 0.277 e. The standard InChI is InChI=1S/C19H15BrN4S/c1-12-3-8-16(13(2)9-12)18-11-25-19(22-18)17(10-21)24-23-15-6-4-14(20)5-7-15/h3-9,11,23H,1-2H3/b24-17+. The van der Waals surface area contributed by atoms with Crippen molar-refractivity contribution in [1.29, 1.82) is 5.26 Å². The molecule has 0 amide bonds. The highest BCUT2D eigenvalue weighted by Crippen LogP contribution is 2.26. The number of halogens is 1. The monoisotopic (exact) mass is 410 g/mol. The summed E-state index contributed by atoms with van der Waals surface area (Å²) >= 11 is 4.80. The molecule has 0 radical (unpaired) electrons. The van der Waals surface area contributed by atoms with Gasteiger partial charge in [0, 0.05) is 15.4 Å². The molecular formula is C19H15BrN4S. The van der Waals surface area contributed by atoms with Crippen molar-refractivity contribution in [2.24, 2.45) is 5.10 Å². The van der Waals surface area contributed by atoms with Gasteiger partial charge in [-0.25, -0.2) is 4.98 Å². The van der Waals surface area contributed by atoms with Crippen molar-refractivity contribution < 1.29 is 0 Å². The van der Waals surface area contributed by atoms with Crippen LogP contribution in [0.25, 0.3) is 11.3 Å². The van der Waals surface area contributed by atoms with Crippen LogP contribution < -0.4 is 5.43 Å². The fourth-order valence-corrected chi connectivity index (χ4v) is 3.39. The third-order valence-corrected chi connectivity index (χ3v) is 4.99. The molecule has 0 unspecified atom stereocenters. The maximum atomic E-state index is 9.41. The lowest BCUT2D eigenvalue weighted by molar-refractivity contribution is 1.30. The predicted molar refractivity (Wildman–Crippen MR) is 107 cm³/mol. The van der Waals surface area contributed by atoms with Gasteiger partial charge < -0.3 is 0 Å². The first-order chi connectivity index (χ1) is 12.1. The van der Waals surface area contributed by atoms with Crippen LogP contribution in [-0.4, -0.2) is 10.7 Å². The predicted octanol–water partition coefficient (Wildman–Crippen LogP) is 5.53. The summed E-state index contributed by atoms with van der Waals surface area (Å²) in [6.07, 6.45) is 0. The van der Waals surface area contributed by atoms with Crippen LogP contribution in [0.5, 0.6) is 0 Å². The van der Waals surface area contributed by atoms with E-state index in [1.165, 1.54) is 22.5 Å². The number of hydrazone groups is 1. The minimum atomic E-state index is 0.268. The molecule has 0 atom stereocenters. The first-order valence-electron chi connectivity index (χ1n) is 7.59. The van der Waals surface area contributed by atoms with Crippen molar-refractivity contribution in [3.63, 3.8) is 0 Å². The fourth-order valence-electron chi connectivity index (χ4n) is 2.37. The van der Waals surface area contributed by atoms with Gasteiger partial charge in [-0.05, 0) is 43.7 Å². The molecular weight excluding hydrogens is 396 g/mol. The Balaban J connectivity index is 1.85. The Morgan fingerprint density at radius 2 is 1.96 bits per heavy atom. The zero-order chi connectivity index (χ0) is 17.8. The topological polar surface area (TPSA) is 61.1 Å². The molecule has 0 aliphatic rings. The van der Waals surface area contributed by atoms with Crippen LogP contribution >= 0.6 is 27.3 Å². The Morgan fingerprint density at radius 3 is 2.64 bits per heavy atom. The minimum Gasteiger partial charge on any atom is -0.277 e. The average Bonchev–Trinajstić information content (AvgIpc) is 3.06. The molecule has 3 aromatic rings. The molecule has 0 aliphatic heterocycles. The first-order valence-corrected chi connectivity index (χ1v) is 9.27. The van der Waals surface area contributed by atoms with Gasteiger partial charge in [-0.15, -0.1) is 11.3 Å². The summed E-state index contributed by atoms with van der Waals surface area (Å²) < 4.78 is 0.987. The molecule has 124 valence electrons. The Hall–Kier alpha value is -2.49. The van der Waals surface area contributed by atoms with Crippen LogP contribution in [-0.2, 0) is 0 Å². The van der Waals surface area contributed by atoms with E-state index in [1.54, 1.807) is 0 Å². The summed E-state index contributed by atoms with van der Waals surface area (Å²) in [7, 11) is 0. The van der Waals surface area contributed by atoms with Gasteiger partial charge in [-0.1, -0.05) is 39.7 Å². The second-order valence-corrected chi connectivity index (χ2v) is 7.32. The molecule has 4 nitrogen and oxygen atoms in total. The Labute approximate surface area is 159 Å². The van der Waals surface area contributed by atoms with Crippen LogP contribution in [0.3, 0.4) is 0 Å². The molecule has 2 aromatic carbocycles. The number of hydrogen-bond acceptors (Lipinski definition) is 5. The van der Waals surface area contributed by atoms with Crippen molar-refractivity contribution in [1.82, 2.24) is 4.98 Å². The van der Waals surface area contributed by atoms with E-state index in [4.69, 9.17) is 0 Å². The summed E-state index contributed by atoms with van der Waals surface area (Å²) in [6.45, 7) is 4.13. The van der Waals surface area contributed by atoms with E-state index < -0.39 is 0 Å². The molecule has 25 heavy (non-hydrogen) atoms. The van der Waals surface area contributed by atoms with Gasteiger partial charge in [0.2, 0.25) is 0 Å². The number of rotatable bonds is 4. The number of benzene rings is 2. The van der Waals surface area contributed by atoms with E-state index in [9.17, 15) is 5.26 Å². The molecule has 0 aliphatic carbocycles. The molecule has 1 heterocycles. The third-order valence-electron chi connectivity index (χ3n) is 3.61. The number of nitrogens with one attached hydrogen (secondary N) is 1. The molecule has 0 saturated carbocycles. The van der Waals surface area contributed by atoms with E-state index in [2.05, 4.69) is 69.6 Å². The average molecular weight is 411 g/mol. The van der Waals surface area contributed by atoms with Crippen LogP contribution in [0.15, 0.2) is 57.4 Å². The van der Waals surface area contributed by atoms with Crippen LogP contribution in [0.2, 0.25) is 0 Å². The number of aryl methyl sites for hydroxylation is 2. The second kappa shape index (κ2) is 7.60. The second-order valence-electron chi connectivity index (χ2n) is 5.55. The Bertz CT molecular complexity index is 968. The maximum absolute atomic E-state index is 9.41. The zero-order valence-corrected chi connectivity index (χ0v) is 16.1. The lowest BCUT2D eigenvalue weighted by Crippen LogP contribution is -2.01. The molecule has 6 heteroatoms. The highest BCUT2D eigenvalue weighted by atomic mass is 79.9. The van der Waals surface area contributed by atoms with E-state index in [-0.39, 0.29) is 5.71 Å². The molecule has 1 aromatic heterocycles. The Kier molecular flexibility index (Phi) is 5.27. The van der Waals surface area contributed by atoms with E-state index in [0.717, 1.165) is 21.4 Å². The number of nitriles is 1. The van der Waals surface area contributed by atoms with E-state index in [1.807, 2.05) is 29.6 Å². The number of nitrogens with zero attached hydrogens (tertiary/aromatic N) is 3. The number of thiazole rings is 1. The third kappa shape index (κ3) is 4.13. The summed E-state index contributed by atoms with van der Waals surface area (Å²) in [4.78, 5) is 4.59. The lowest BCUT2D eigenvalue weighted by Gasteiger charge is -2.03. The summed E-state index contributed by atoms with van der Waals surface area (Å²) in [6, 6.07) is 15.9. The molecule has 1 N–H and O–H groups in total. The van der Waals surface area contributed by atoms with Gasteiger partial charge in [-0.3, -0.25) is 5.43 Å². The van der Waals surface area contributed by atoms with Gasteiger partial charge in [-0.2, -0.15) is 10.4 Å². The molecule has 0 bridgehead atoms. The van der Waals surface area contributed by atoms with Crippen LogP contribution in [0, 0.1) is 25.2 Å². The van der Waals surface area contributed by atoms with Gasteiger partial charge in [0.15, 0.2) is 10.7 Å². The van der Waals surface area contributed by atoms with Crippen molar-refractivity contribution in [3.8, 4) is 17.3 Å². The maximum Gasteiger partial charge on any atom is 0.196 e. The van der Waals surface area contributed by atoms with Gasteiger partial charge in [0.05, 0.1) is 11.4 Å². The summed E-state index contributed by atoms with van der Waals surface area (Å²) in [5, 5.41) is 16.2. The lowest BCUT2D eigenvalue weighted by atomic mass is 10.0. The zero-order valence-electron chi connectivity index (χ0n) is 13.7. The molecule has 0 saturated heterocycles. The molecule has 0 spiro atoms. The first kappa shape index (κ1) is 17.3. The van der Waals surface area contributed by atoms with Crippen molar-refractivity contribution in [3.05, 3.63) is 68.5 Å². The number of hydrogen-bond donors (Lipinski definition) is 1. The number of anilines is 1. The SMILES string of the molecule is Cc1ccc(-c2csc(/C(C#N)=N/Nc3ccc(Br)cc3)n2)c(C)c1. The van der Waals surface area contributed by atoms with Crippen molar-refractivity contribution in [2.75, 3.05) is 5.43 Å². The highest BCUT2D eigenvalue weighted by molar-refractivity contribution is 9.10.